The second-order valence-electron chi connectivity index (χ2n) is 6.57. The standard InChI is InChI=1S/C17H25F2NO3/c1-10(2)11-5-14(18)13(15(19)6-11)3-4-20-8-17(23)16(22)7-12(20)9-21/h5-6,10,12,16-17,21-23H,3-4,7-9H2,1-2H3/t12-,16?,17+/m1/s1. The van der Waals surface area contributed by atoms with Gasteiger partial charge in [-0.2, -0.15) is 0 Å². The maximum absolute atomic E-state index is 14.1. The van der Waals surface area contributed by atoms with Crippen LogP contribution in [0.3, 0.4) is 0 Å². The van der Waals surface area contributed by atoms with Gasteiger partial charge in [-0.1, -0.05) is 13.8 Å². The van der Waals surface area contributed by atoms with E-state index >= 15 is 0 Å². The Hall–Kier alpha value is -1.08. The molecule has 1 unspecified atom stereocenters. The van der Waals surface area contributed by atoms with Crippen molar-refractivity contribution in [2.75, 3.05) is 19.7 Å². The summed E-state index contributed by atoms with van der Waals surface area (Å²) in [6.45, 7) is 4.07. The quantitative estimate of drug-likeness (QED) is 0.764. The fourth-order valence-electron chi connectivity index (χ4n) is 3.01. The zero-order valence-electron chi connectivity index (χ0n) is 13.5. The molecule has 0 radical (unpaired) electrons. The lowest BCUT2D eigenvalue weighted by Gasteiger charge is -2.39. The molecule has 0 aromatic heterocycles. The third-order valence-corrected chi connectivity index (χ3v) is 4.59. The number of rotatable bonds is 5. The summed E-state index contributed by atoms with van der Waals surface area (Å²) in [5.74, 6) is -1.08. The third-order valence-electron chi connectivity index (χ3n) is 4.59. The SMILES string of the molecule is CC(C)c1cc(F)c(CCN2C[C@H](O)C(O)C[C@@H]2CO)c(F)c1. The largest absolute Gasteiger partial charge is 0.395 e. The molecule has 2 rings (SSSR count). The van der Waals surface area contributed by atoms with Crippen LogP contribution in [0.25, 0.3) is 0 Å². The molecule has 1 aliphatic heterocycles. The van der Waals surface area contributed by atoms with Crippen molar-refractivity contribution < 1.29 is 24.1 Å². The highest BCUT2D eigenvalue weighted by atomic mass is 19.1. The van der Waals surface area contributed by atoms with Gasteiger partial charge in [0.2, 0.25) is 0 Å². The molecule has 0 amide bonds. The Morgan fingerprint density at radius 3 is 2.30 bits per heavy atom. The molecule has 3 N–H and O–H groups in total. The predicted octanol–water partition coefficient (Wildman–Crippen LogP) is 1.42. The normalized spacial score (nSPS) is 26.0. The van der Waals surface area contributed by atoms with Crippen molar-refractivity contribution in [3.8, 4) is 0 Å². The molecule has 6 heteroatoms. The van der Waals surface area contributed by atoms with Crippen molar-refractivity contribution >= 4 is 0 Å². The smallest absolute Gasteiger partial charge is 0.129 e. The van der Waals surface area contributed by atoms with Crippen LogP contribution in [0.2, 0.25) is 0 Å². The average molecular weight is 329 g/mol. The first-order chi connectivity index (χ1) is 10.8. The summed E-state index contributed by atoms with van der Waals surface area (Å²) >= 11 is 0. The van der Waals surface area contributed by atoms with Gasteiger partial charge in [0.25, 0.3) is 0 Å². The minimum atomic E-state index is -0.907. The number of aliphatic hydroxyl groups excluding tert-OH is 3. The van der Waals surface area contributed by atoms with Gasteiger partial charge in [-0.15, -0.1) is 0 Å². The van der Waals surface area contributed by atoms with Crippen LogP contribution in [0.1, 0.15) is 37.3 Å². The fourth-order valence-corrected chi connectivity index (χ4v) is 3.01. The lowest BCUT2D eigenvalue weighted by atomic mass is 9.96. The van der Waals surface area contributed by atoms with E-state index in [0.717, 1.165) is 0 Å². The van der Waals surface area contributed by atoms with E-state index in [4.69, 9.17) is 0 Å². The Kier molecular flexibility index (Phi) is 6.08. The monoisotopic (exact) mass is 329 g/mol. The van der Waals surface area contributed by atoms with Crippen molar-refractivity contribution in [1.29, 1.82) is 0 Å². The molecule has 130 valence electrons. The molecule has 0 saturated carbocycles. The molecule has 1 aromatic rings. The highest BCUT2D eigenvalue weighted by Crippen LogP contribution is 2.23. The lowest BCUT2D eigenvalue weighted by Crippen LogP contribution is -2.54. The molecular weight excluding hydrogens is 304 g/mol. The minimum Gasteiger partial charge on any atom is -0.395 e. The Morgan fingerprint density at radius 2 is 1.78 bits per heavy atom. The van der Waals surface area contributed by atoms with Crippen LogP contribution >= 0.6 is 0 Å². The van der Waals surface area contributed by atoms with Gasteiger partial charge >= 0.3 is 0 Å². The lowest BCUT2D eigenvalue weighted by molar-refractivity contribution is -0.0704. The third kappa shape index (κ3) is 4.26. The summed E-state index contributed by atoms with van der Waals surface area (Å²) in [5.41, 5.74) is 0.639. The highest BCUT2D eigenvalue weighted by Gasteiger charge is 2.33. The maximum atomic E-state index is 14.1. The van der Waals surface area contributed by atoms with Crippen LogP contribution in [-0.2, 0) is 6.42 Å². The number of aliphatic hydroxyl groups is 3. The molecule has 1 fully saturated rings. The number of hydrogen-bond donors (Lipinski definition) is 3. The van der Waals surface area contributed by atoms with E-state index in [1.807, 2.05) is 13.8 Å². The van der Waals surface area contributed by atoms with E-state index in [9.17, 15) is 24.1 Å². The van der Waals surface area contributed by atoms with E-state index in [2.05, 4.69) is 0 Å². The van der Waals surface area contributed by atoms with Gasteiger partial charge in [-0.05, 0) is 36.5 Å². The van der Waals surface area contributed by atoms with Crippen molar-refractivity contribution in [2.24, 2.45) is 0 Å². The van der Waals surface area contributed by atoms with Crippen LogP contribution < -0.4 is 0 Å². The maximum Gasteiger partial charge on any atom is 0.129 e. The number of piperidine rings is 1. The topological polar surface area (TPSA) is 63.9 Å². The van der Waals surface area contributed by atoms with Gasteiger partial charge in [-0.25, -0.2) is 8.78 Å². The number of benzene rings is 1. The summed E-state index contributed by atoms with van der Waals surface area (Å²) in [6, 6.07) is 2.41. The molecule has 0 bridgehead atoms. The first-order valence-electron chi connectivity index (χ1n) is 8.02. The van der Waals surface area contributed by atoms with Crippen molar-refractivity contribution in [1.82, 2.24) is 4.90 Å². The predicted molar refractivity (Wildman–Crippen MR) is 83.2 cm³/mol. The molecule has 0 aliphatic carbocycles. The van der Waals surface area contributed by atoms with E-state index in [0.29, 0.717) is 12.1 Å². The molecular formula is C17H25F2NO3. The van der Waals surface area contributed by atoms with Gasteiger partial charge in [0.15, 0.2) is 0 Å². The number of hydrogen-bond acceptors (Lipinski definition) is 4. The average Bonchev–Trinajstić information content (AvgIpc) is 2.49. The molecule has 0 spiro atoms. The number of β-amino-alcohol motifs (C(OH)–C–C–N with tert-alkyl or cyclic N) is 1. The van der Waals surface area contributed by atoms with Crippen molar-refractivity contribution in [3.63, 3.8) is 0 Å². The van der Waals surface area contributed by atoms with Crippen LogP contribution in [-0.4, -0.2) is 58.2 Å². The van der Waals surface area contributed by atoms with E-state index in [-0.39, 0.29) is 43.5 Å². The van der Waals surface area contributed by atoms with Crippen LogP contribution in [0.5, 0.6) is 0 Å². The molecule has 1 aromatic carbocycles. The molecule has 4 nitrogen and oxygen atoms in total. The molecule has 23 heavy (non-hydrogen) atoms. The summed E-state index contributed by atoms with van der Waals surface area (Å²) in [5, 5.41) is 28.8. The van der Waals surface area contributed by atoms with Gasteiger partial charge in [-0.3, -0.25) is 4.90 Å². The molecule has 1 saturated heterocycles. The van der Waals surface area contributed by atoms with Gasteiger partial charge < -0.3 is 15.3 Å². The van der Waals surface area contributed by atoms with E-state index < -0.39 is 23.8 Å². The second-order valence-corrected chi connectivity index (χ2v) is 6.57. The zero-order chi connectivity index (χ0) is 17.1. The highest BCUT2D eigenvalue weighted by molar-refractivity contribution is 5.28. The van der Waals surface area contributed by atoms with Crippen molar-refractivity contribution in [2.45, 2.75) is 50.9 Å². The number of nitrogens with zero attached hydrogens (tertiary/aromatic N) is 1. The van der Waals surface area contributed by atoms with Crippen LogP contribution in [0.4, 0.5) is 8.78 Å². The molecule has 1 aliphatic rings. The Morgan fingerprint density at radius 1 is 1.17 bits per heavy atom. The van der Waals surface area contributed by atoms with Crippen molar-refractivity contribution in [3.05, 3.63) is 34.9 Å². The fraction of sp³-hybridized carbons (Fsp3) is 0.647. The number of likely N-dealkylation sites (tertiary alicyclic amines) is 1. The van der Waals surface area contributed by atoms with Gasteiger partial charge in [0.1, 0.15) is 11.6 Å². The summed E-state index contributed by atoms with van der Waals surface area (Å²) in [7, 11) is 0. The second kappa shape index (κ2) is 7.66. The molecule has 3 atom stereocenters. The summed E-state index contributed by atoms with van der Waals surface area (Å²) < 4.78 is 28.3. The summed E-state index contributed by atoms with van der Waals surface area (Å²) in [4.78, 5) is 1.77. The minimum absolute atomic E-state index is 0.0201. The van der Waals surface area contributed by atoms with E-state index in [1.54, 1.807) is 4.90 Å². The van der Waals surface area contributed by atoms with Gasteiger partial charge in [0.05, 0.1) is 18.8 Å². The van der Waals surface area contributed by atoms with Crippen LogP contribution in [0.15, 0.2) is 12.1 Å². The number of halogens is 2. The Balaban J connectivity index is 2.08. The summed E-state index contributed by atoms with van der Waals surface area (Å²) in [6.07, 6.45) is -1.39. The zero-order valence-corrected chi connectivity index (χ0v) is 13.5. The first kappa shape index (κ1) is 18.3. The van der Waals surface area contributed by atoms with Crippen LogP contribution in [0, 0.1) is 11.6 Å². The first-order valence-corrected chi connectivity index (χ1v) is 8.02. The Bertz CT molecular complexity index is 516. The van der Waals surface area contributed by atoms with E-state index in [1.165, 1.54) is 12.1 Å². The molecule has 1 heterocycles. The Labute approximate surface area is 135 Å². The van der Waals surface area contributed by atoms with Gasteiger partial charge in [0, 0.05) is 24.7 Å².